The predicted molar refractivity (Wildman–Crippen MR) is 81.4 cm³/mol. The van der Waals surface area contributed by atoms with Crippen LogP contribution >= 0.6 is 10.8 Å². The molecule has 0 saturated carbocycles. The second-order valence-electron chi connectivity index (χ2n) is 4.43. The van der Waals surface area contributed by atoms with E-state index in [-0.39, 0.29) is 23.6 Å². The lowest BCUT2D eigenvalue weighted by Crippen LogP contribution is -2.49. The number of carbonyl (C=O) groups excluding carboxylic acids is 2. The number of carboxylic acid groups (broad SMARTS) is 2. The largest absolute Gasteiger partial charge is 0.480 e. The molecule has 0 aliphatic heterocycles. The minimum Gasteiger partial charge on any atom is -0.480 e. The van der Waals surface area contributed by atoms with Crippen molar-refractivity contribution < 1.29 is 42.4 Å². The number of hydrogen-bond donors (Lipinski definition) is 6. The molecule has 0 saturated heterocycles. The highest BCUT2D eigenvalue weighted by molar-refractivity contribution is 8.69. The summed E-state index contributed by atoms with van der Waals surface area (Å²) in [4.78, 5) is 44.3. The molecule has 14 heteroatoms. The number of aliphatic carboxylic acids is 2. The van der Waals surface area contributed by atoms with E-state index in [1.54, 1.807) is 0 Å². The molecular weight excluding hydrogens is 370 g/mol. The molecule has 24 heavy (non-hydrogen) atoms. The standard InChI is InChI=1S/C10H17N3O9S2/c11-5(10(18)19)1-2-7(14)13-6(4-23-24(20,21)22)9(17)12-3-8(15)16/h5-6H,1-4,11H2,(H,12,17)(H,13,14)(H,15,16)(H,18,19)(H,20,21,22)/t5-,6?/m1/s1. The van der Waals surface area contributed by atoms with Gasteiger partial charge in [0, 0.05) is 12.2 Å². The summed E-state index contributed by atoms with van der Waals surface area (Å²) in [6, 6.07) is -2.74. The van der Waals surface area contributed by atoms with Gasteiger partial charge in [0.15, 0.2) is 0 Å². The molecule has 0 aliphatic carbocycles. The molecule has 0 fully saturated rings. The van der Waals surface area contributed by atoms with E-state index in [0.29, 0.717) is 0 Å². The van der Waals surface area contributed by atoms with Crippen LogP contribution in [0.5, 0.6) is 0 Å². The lowest BCUT2D eigenvalue weighted by Gasteiger charge is -2.17. The lowest BCUT2D eigenvalue weighted by molar-refractivity contribution is -0.139. The summed E-state index contributed by atoms with van der Waals surface area (Å²) in [5, 5.41) is 21.1. The van der Waals surface area contributed by atoms with E-state index in [1.807, 2.05) is 5.32 Å². The summed E-state index contributed by atoms with van der Waals surface area (Å²) in [7, 11) is -4.52. The minimum atomic E-state index is -4.49. The molecule has 12 nitrogen and oxygen atoms in total. The van der Waals surface area contributed by atoms with E-state index < -0.39 is 57.3 Å². The molecule has 138 valence electrons. The van der Waals surface area contributed by atoms with Gasteiger partial charge in [0.25, 0.3) is 0 Å². The predicted octanol–water partition coefficient (Wildman–Crippen LogP) is -2.60. The van der Waals surface area contributed by atoms with Crippen molar-refractivity contribution in [1.82, 2.24) is 10.6 Å². The molecule has 0 rings (SSSR count). The van der Waals surface area contributed by atoms with Gasteiger partial charge in [0.1, 0.15) is 18.6 Å². The number of nitrogens with two attached hydrogens (primary N) is 1. The highest BCUT2D eigenvalue weighted by Gasteiger charge is 2.24. The van der Waals surface area contributed by atoms with Gasteiger partial charge in [-0.05, 0) is 17.2 Å². The Labute approximate surface area is 140 Å². The summed E-state index contributed by atoms with van der Waals surface area (Å²) < 4.78 is 30.0. The molecule has 0 spiro atoms. The molecule has 0 aromatic heterocycles. The third kappa shape index (κ3) is 10.8. The van der Waals surface area contributed by atoms with Crippen LogP contribution in [0, 0.1) is 0 Å². The number of rotatable bonds is 11. The van der Waals surface area contributed by atoms with Crippen molar-refractivity contribution in [3.05, 3.63) is 0 Å². The van der Waals surface area contributed by atoms with Crippen LogP contribution in [0.2, 0.25) is 0 Å². The third-order valence-corrected chi connectivity index (χ3v) is 4.52. The zero-order valence-electron chi connectivity index (χ0n) is 12.2. The van der Waals surface area contributed by atoms with E-state index in [9.17, 15) is 27.6 Å². The summed E-state index contributed by atoms with van der Waals surface area (Å²) in [5.74, 6) is -5.03. The van der Waals surface area contributed by atoms with Gasteiger partial charge < -0.3 is 26.6 Å². The van der Waals surface area contributed by atoms with Gasteiger partial charge in [0.2, 0.25) is 11.8 Å². The molecule has 0 aromatic rings. The molecule has 0 heterocycles. The summed E-state index contributed by atoms with van der Waals surface area (Å²) >= 11 is 0. The molecule has 0 bridgehead atoms. The van der Waals surface area contributed by atoms with Crippen molar-refractivity contribution in [2.75, 3.05) is 12.3 Å². The van der Waals surface area contributed by atoms with E-state index in [4.69, 9.17) is 20.5 Å². The van der Waals surface area contributed by atoms with Crippen LogP contribution in [0.25, 0.3) is 0 Å². The van der Waals surface area contributed by atoms with Gasteiger partial charge in [-0.25, -0.2) is 0 Å². The SMILES string of the molecule is N[C@H](CCC(=O)NC(CSS(=O)(=O)O)C(=O)NCC(=O)O)C(=O)O. The minimum absolute atomic E-state index is 0.0385. The van der Waals surface area contributed by atoms with E-state index >= 15 is 0 Å². The lowest BCUT2D eigenvalue weighted by atomic mass is 10.1. The molecule has 0 radical (unpaired) electrons. The second kappa shape index (κ2) is 10.1. The van der Waals surface area contributed by atoms with Crippen LogP contribution in [-0.4, -0.2) is 71.3 Å². The Balaban J connectivity index is 4.72. The number of nitrogens with one attached hydrogen (secondary N) is 2. The molecular formula is C10H17N3O9S2. The molecule has 2 amide bonds. The number of amides is 2. The smallest absolute Gasteiger partial charge is 0.322 e. The topological polar surface area (TPSA) is 213 Å². The van der Waals surface area contributed by atoms with Crippen LogP contribution in [0.3, 0.4) is 0 Å². The first-order valence-corrected chi connectivity index (χ1v) is 9.25. The van der Waals surface area contributed by atoms with Crippen molar-refractivity contribution in [1.29, 1.82) is 0 Å². The van der Waals surface area contributed by atoms with Gasteiger partial charge in [0.05, 0.1) is 0 Å². The zero-order valence-corrected chi connectivity index (χ0v) is 13.8. The summed E-state index contributed by atoms with van der Waals surface area (Å²) in [6.45, 7) is -0.758. The maximum Gasteiger partial charge on any atom is 0.322 e. The Morgan fingerprint density at radius 2 is 1.75 bits per heavy atom. The van der Waals surface area contributed by atoms with Crippen LogP contribution < -0.4 is 16.4 Å². The highest BCUT2D eigenvalue weighted by atomic mass is 33.1. The maximum atomic E-state index is 11.7. The number of hydrogen-bond acceptors (Lipinski definition) is 8. The Morgan fingerprint density at radius 3 is 2.21 bits per heavy atom. The monoisotopic (exact) mass is 387 g/mol. The Kier molecular flexibility index (Phi) is 9.27. The first kappa shape index (κ1) is 22.1. The maximum absolute atomic E-state index is 11.7. The van der Waals surface area contributed by atoms with Crippen LogP contribution in [0.15, 0.2) is 0 Å². The first-order chi connectivity index (χ1) is 10.9. The van der Waals surface area contributed by atoms with Gasteiger partial charge in [-0.15, -0.1) is 0 Å². The molecule has 0 aromatic carbocycles. The van der Waals surface area contributed by atoms with E-state index in [2.05, 4.69) is 5.32 Å². The average molecular weight is 387 g/mol. The molecule has 1 unspecified atom stereocenters. The van der Waals surface area contributed by atoms with Crippen molar-refractivity contribution >= 4 is 43.7 Å². The molecule has 2 atom stereocenters. The van der Waals surface area contributed by atoms with Crippen LogP contribution in [0.1, 0.15) is 12.8 Å². The van der Waals surface area contributed by atoms with Gasteiger partial charge >= 0.3 is 21.1 Å². The summed E-state index contributed by atoms with van der Waals surface area (Å²) in [5.41, 5.74) is 5.21. The summed E-state index contributed by atoms with van der Waals surface area (Å²) in [6.07, 6.45) is -0.581. The highest BCUT2D eigenvalue weighted by Crippen LogP contribution is 2.11. The second-order valence-corrected chi connectivity index (χ2v) is 7.82. The number of carbonyl (C=O) groups is 4. The van der Waals surface area contributed by atoms with E-state index in [0.717, 1.165) is 0 Å². The first-order valence-electron chi connectivity index (χ1n) is 6.31. The molecule has 0 aliphatic rings. The fourth-order valence-electron chi connectivity index (χ4n) is 1.30. The van der Waals surface area contributed by atoms with Gasteiger partial charge in [-0.1, -0.05) is 0 Å². The molecule has 7 N–H and O–H groups in total. The van der Waals surface area contributed by atoms with Gasteiger partial charge in [-0.2, -0.15) is 8.42 Å². The fourth-order valence-corrected chi connectivity index (χ4v) is 2.77. The van der Waals surface area contributed by atoms with E-state index in [1.165, 1.54) is 0 Å². The third-order valence-electron chi connectivity index (χ3n) is 2.45. The fraction of sp³-hybridized carbons (Fsp3) is 0.600. The van der Waals surface area contributed by atoms with Crippen molar-refractivity contribution in [2.45, 2.75) is 24.9 Å². The zero-order chi connectivity index (χ0) is 18.9. The normalized spacial score (nSPS) is 13.6. The van der Waals surface area contributed by atoms with Crippen molar-refractivity contribution in [2.24, 2.45) is 5.73 Å². The van der Waals surface area contributed by atoms with Gasteiger partial charge in [-0.3, -0.25) is 23.7 Å². The quantitative estimate of drug-likeness (QED) is 0.160. The Morgan fingerprint density at radius 1 is 1.17 bits per heavy atom. The van der Waals surface area contributed by atoms with Crippen LogP contribution in [-0.2, 0) is 28.3 Å². The van der Waals surface area contributed by atoms with Crippen molar-refractivity contribution in [3.8, 4) is 0 Å². The Bertz CT molecular complexity index is 592. The van der Waals surface area contributed by atoms with Crippen molar-refractivity contribution in [3.63, 3.8) is 0 Å². The average Bonchev–Trinajstić information content (AvgIpc) is 2.45. The number of carboxylic acids is 2. The Hall–Kier alpha value is -1.90. The van der Waals surface area contributed by atoms with Crippen LogP contribution in [0.4, 0.5) is 0 Å².